The highest BCUT2D eigenvalue weighted by atomic mass is 16.5. The Labute approximate surface area is 456 Å². The molecule has 0 radical (unpaired) electrons. The first-order valence-electron chi connectivity index (χ1n) is 33.1. The molecule has 3 N–H and O–H groups in total. The van der Waals surface area contributed by atoms with Gasteiger partial charge in [0, 0.05) is 12.8 Å². The average Bonchev–Trinajstić information content (AvgIpc) is 3.39. The number of amides is 1. The third-order valence-electron chi connectivity index (χ3n) is 15.5. The van der Waals surface area contributed by atoms with Crippen LogP contribution in [0, 0.1) is 0 Å². The number of rotatable bonds is 62. The van der Waals surface area contributed by atoms with E-state index >= 15 is 0 Å². The van der Waals surface area contributed by atoms with Gasteiger partial charge in [-0.05, 0) is 57.8 Å². The standard InChI is InChI=1S/C67H129NO5/c1-3-5-7-9-11-13-14-15-16-35-38-41-45-49-53-57-61-67(72)73-62-58-54-50-46-42-39-36-33-31-29-27-25-23-21-19-17-18-20-22-24-26-28-30-32-34-37-40-44-48-52-56-60-66(71)68-64(63-69)65(70)59-55-51-47-43-12-10-8-6-4-2/h19,21,25,27,64-65,69-70H,3-18,20,22-24,26,28-63H2,1-2H3,(H,68,71)/b21-19-,27-25-. The second-order valence-electron chi connectivity index (χ2n) is 22.8. The van der Waals surface area contributed by atoms with Crippen LogP contribution in [0.15, 0.2) is 24.3 Å². The number of nitrogens with one attached hydrogen (secondary N) is 1. The smallest absolute Gasteiger partial charge is 0.305 e. The number of hydrogen-bond acceptors (Lipinski definition) is 5. The lowest BCUT2D eigenvalue weighted by Crippen LogP contribution is -2.45. The maximum atomic E-state index is 12.4. The highest BCUT2D eigenvalue weighted by Crippen LogP contribution is 2.18. The van der Waals surface area contributed by atoms with E-state index in [1.807, 2.05) is 0 Å². The van der Waals surface area contributed by atoms with Crippen LogP contribution in [0.25, 0.3) is 0 Å². The van der Waals surface area contributed by atoms with E-state index < -0.39 is 12.1 Å². The van der Waals surface area contributed by atoms with Crippen molar-refractivity contribution in [3.63, 3.8) is 0 Å². The molecule has 0 aliphatic heterocycles. The summed E-state index contributed by atoms with van der Waals surface area (Å²) in [6.45, 7) is 4.96. The molecule has 432 valence electrons. The molecule has 0 aliphatic carbocycles. The van der Waals surface area contributed by atoms with Crippen LogP contribution >= 0.6 is 0 Å². The zero-order chi connectivity index (χ0) is 52.9. The molecule has 0 saturated carbocycles. The lowest BCUT2D eigenvalue weighted by Gasteiger charge is -2.22. The van der Waals surface area contributed by atoms with Crippen LogP contribution in [0.4, 0.5) is 0 Å². The highest BCUT2D eigenvalue weighted by Gasteiger charge is 2.20. The summed E-state index contributed by atoms with van der Waals surface area (Å²) in [5.74, 6) is -0.0185. The molecule has 0 heterocycles. The topological polar surface area (TPSA) is 95.9 Å². The quantitative estimate of drug-likeness (QED) is 0.0320. The van der Waals surface area contributed by atoms with Gasteiger partial charge in [-0.15, -0.1) is 0 Å². The normalized spacial score (nSPS) is 12.7. The van der Waals surface area contributed by atoms with Gasteiger partial charge in [-0.3, -0.25) is 9.59 Å². The molecule has 1 amide bonds. The lowest BCUT2D eigenvalue weighted by atomic mass is 10.0. The van der Waals surface area contributed by atoms with Gasteiger partial charge in [-0.1, -0.05) is 321 Å². The van der Waals surface area contributed by atoms with Crippen LogP contribution in [0.1, 0.15) is 367 Å². The zero-order valence-electron chi connectivity index (χ0n) is 49.4. The number of carbonyl (C=O) groups excluding carboxylic acids is 2. The monoisotopic (exact) mass is 1030 g/mol. The molecule has 0 fully saturated rings. The molecule has 0 aliphatic rings. The van der Waals surface area contributed by atoms with Crippen LogP contribution in [0.5, 0.6) is 0 Å². The number of aliphatic hydroxyl groups is 2. The fraction of sp³-hybridized carbons (Fsp3) is 0.910. The van der Waals surface area contributed by atoms with Gasteiger partial charge in [0.05, 0.1) is 25.4 Å². The van der Waals surface area contributed by atoms with Gasteiger partial charge in [-0.25, -0.2) is 0 Å². The van der Waals surface area contributed by atoms with E-state index in [-0.39, 0.29) is 18.5 Å². The molecule has 6 heteroatoms. The van der Waals surface area contributed by atoms with Crippen molar-refractivity contribution in [1.82, 2.24) is 5.32 Å². The molecular formula is C67H129NO5. The Bertz CT molecular complexity index is 1140. The third-order valence-corrected chi connectivity index (χ3v) is 15.5. The van der Waals surface area contributed by atoms with Crippen molar-refractivity contribution >= 4 is 11.9 Å². The minimum absolute atomic E-state index is 0.0170. The average molecular weight is 1030 g/mol. The maximum Gasteiger partial charge on any atom is 0.305 e. The number of ether oxygens (including phenoxy) is 1. The largest absolute Gasteiger partial charge is 0.466 e. The van der Waals surface area contributed by atoms with Crippen LogP contribution in [-0.2, 0) is 14.3 Å². The Morgan fingerprint density at radius 1 is 0.384 bits per heavy atom. The van der Waals surface area contributed by atoms with Crippen molar-refractivity contribution < 1.29 is 24.5 Å². The lowest BCUT2D eigenvalue weighted by molar-refractivity contribution is -0.143. The van der Waals surface area contributed by atoms with E-state index in [0.29, 0.717) is 25.9 Å². The summed E-state index contributed by atoms with van der Waals surface area (Å²) in [5, 5.41) is 23.1. The second kappa shape index (κ2) is 62.9. The molecule has 6 nitrogen and oxygen atoms in total. The Morgan fingerprint density at radius 2 is 0.685 bits per heavy atom. The van der Waals surface area contributed by atoms with Crippen molar-refractivity contribution in [2.24, 2.45) is 0 Å². The molecule has 0 saturated heterocycles. The summed E-state index contributed by atoms with van der Waals surface area (Å²) in [6, 6.07) is -0.538. The molecule has 0 bridgehead atoms. The van der Waals surface area contributed by atoms with Crippen LogP contribution < -0.4 is 5.32 Å². The third kappa shape index (κ3) is 59.4. The molecule has 73 heavy (non-hydrogen) atoms. The van der Waals surface area contributed by atoms with Gasteiger partial charge >= 0.3 is 5.97 Å². The molecule has 2 unspecified atom stereocenters. The summed E-state index contributed by atoms with van der Waals surface area (Å²) in [4.78, 5) is 24.5. The Morgan fingerprint density at radius 3 is 1.04 bits per heavy atom. The van der Waals surface area contributed by atoms with Crippen molar-refractivity contribution in [2.75, 3.05) is 13.2 Å². The Balaban J connectivity index is 3.35. The number of allylic oxidation sites excluding steroid dienone is 4. The van der Waals surface area contributed by atoms with E-state index in [1.165, 1.54) is 289 Å². The maximum absolute atomic E-state index is 12.4. The molecule has 0 rings (SSSR count). The summed E-state index contributed by atoms with van der Waals surface area (Å²) in [7, 11) is 0. The van der Waals surface area contributed by atoms with Gasteiger partial charge in [0.25, 0.3) is 0 Å². The van der Waals surface area contributed by atoms with E-state index in [4.69, 9.17) is 4.74 Å². The Kier molecular flexibility index (Phi) is 61.4. The van der Waals surface area contributed by atoms with Crippen LogP contribution in [-0.4, -0.2) is 47.4 Å². The van der Waals surface area contributed by atoms with Crippen LogP contribution in [0.3, 0.4) is 0 Å². The van der Waals surface area contributed by atoms with E-state index in [9.17, 15) is 19.8 Å². The number of unbranched alkanes of at least 4 members (excludes halogenated alkanes) is 47. The first-order chi connectivity index (χ1) is 36.0. The summed E-state index contributed by atoms with van der Waals surface area (Å²) in [5.41, 5.74) is 0. The van der Waals surface area contributed by atoms with Crippen LogP contribution in [0.2, 0.25) is 0 Å². The molecule has 2 atom stereocenters. The van der Waals surface area contributed by atoms with E-state index in [0.717, 1.165) is 44.9 Å². The number of esters is 1. The van der Waals surface area contributed by atoms with Gasteiger partial charge < -0.3 is 20.3 Å². The number of aliphatic hydroxyl groups excluding tert-OH is 2. The van der Waals surface area contributed by atoms with Crippen molar-refractivity contribution in [3.05, 3.63) is 24.3 Å². The molecule has 0 aromatic carbocycles. The highest BCUT2D eigenvalue weighted by molar-refractivity contribution is 5.76. The van der Waals surface area contributed by atoms with Gasteiger partial charge in [-0.2, -0.15) is 0 Å². The van der Waals surface area contributed by atoms with Crippen molar-refractivity contribution in [2.45, 2.75) is 379 Å². The van der Waals surface area contributed by atoms with Crippen molar-refractivity contribution in [1.29, 1.82) is 0 Å². The number of carbonyl (C=O) groups is 2. The van der Waals surface area contributed by atoms with Gasteiger partial charge in [0.1, 0.15) is 0 Å². The van der Waals surface area contributed by atoms with E-state index in [2.05, 4.69) is 43.5 Å². The number of hydrogen-bond donors (Lipinski definition) is 3. The predicted molar refractivity (Wildman–Crippen MR) is 320 cm³/mol. The van der Waals surface area contributed by atoms with Gasteiger partial charge in [0.15, 0.2) is 0 Å². The van der Waals surface area contributed by atoms with E-state index in [1.54, 1.807) is 0 Å². The van der Waals surface area contributed by atoms with Crippen molar-refractivity contribution in [3.8, 4) is 0 Å². The fourth-order valence-corrected chi connectivity index (χ4v) is 10.4. The molecule has 0 aromatic heterocycles. The summed E-state index contributed by atoms with van der Waals surface area (Å²) in [6.07, 6.45) is 78.0. The minimum atomic E-state index is -0.661. The summed E-state index contributed by atoms with van der Waals surface area (Å²) >= 11 is 0. The molecule has 0 spiro atoms. The minimum Gasteiger partial charge on any atom is -0.466 e. The Hall–Kier alpha value is -1.66. The van der Waals surface area contributed by atoms with Gasteiger partial charge in [0.2, 0.25) is 5.91 Å². The predicted octanol–water partition coefficient (Wildman–Crippen LogP) is 21.0. The zero-order valence-corrected chi connectivity index (χ0v) is 49.4. The first-order valence-corrected chi connectivity index (χ1v) is 33.1. The second-order valence-corrected chi connectivity index (χ2v) is 22.8. The summed E-state index contributed by atoms with van der Waals surface area (Å²) < 4.78 is 5.50. The fourth-order valence-electron chi connectivity index (χ4n) is 10.4. The molecule has 0 aromatic rings. The molecular weight excluding hydrogens is 899 g/mol. The SMILES string of the molecule is CCCCCCCCCCCCCCCCCCC(=O)OCCCCCCCCCCC/C=C\C/C=C\CCCCCCCCCCCCCCCCCC(=O)NC(CO)C(O)CCCCCCCCCCC. The first kappa shape index (κ1) is 71.3.